The van der Waals surface area contributed by atoms with E-state index in [4.69, 9.17) is 33.7 Å². The molecule has 6 rings (SSSR count). The summed E-state index contributed by atoms with van der Waals surface area (Å²) in [4.78, 5) is 32.2. The maximum atomic E-state index is 13.4. The number of nitrogens with one attached hydrogen (secondary N) is 1. The van der Waals surface area contributed by atoms with Crippen LogP contribution >= 0.6 is 23.2 Å². The first-order valence-electron chi connectivity index (χ1n) is 11.5. The van der Waals surface area contributed by atoms with E-state index in [1.165, 1.54) is 17.1 Å². The number of halogens is 2. The number of nitrogens with zero attached hydrogens (tertiary/aromatic N) is 6. The van der Waals surface area contributed by atoms with Crippen molar-refractivity contribution >= 4 is 29.3 Å². The molecule has 5 aromatic rings. The normalized spacial score (nSPS) is 14.4. The summed E-state index contributed by atoms with van der Waals surface area (Å²) >= 11 is 12.7. The molecular formula is C25H18Cl2N8O3. The Morgan fingerprint density at radius 1 is 1.11 bits per heavy atom. The van der Waals surface area contributed by atoms with E-state index >= 15 is 0 Å². The van der Waals surface area contributed by atoms with Gasteiger partial charge in [-0.3, -0.25) is 4.79 Å². The van der Waals surface area contributed by atoms with Crippen molar-refractivity contribution in [3.05, 3.63) is 93.0 Å². The van der Waals surface area contributed by atoms with Gasteiger partial charge in [-0.25, -0.2) is 9.78 Å². The Morgan fingerprint density at radius 2 is 1.97 bits per heavy atom. The van der Waals surface area contributed by atoms with E-state index in [0.29, 0.717) is 45.7 Å². The number of amides is 1. The van der Waals surface area contributed by atoms with Gasteiger partial charge >= 0.3 is 6.09 Å². The van der Waals surface area contributed by atoms with Gasteiger partial charge in [0.2, 0.25) is 0 Å². The number of nitrogens with two attached hydrogens (primary N) is 1. The highest BCUT2D eigenvalue weighted by atomic mass is 35.5. The number of tetrazole rings is 1. The van der Waals surface area contributed by atoms with Gasteiger partial charge in [0, 0.05) is 34.0 Å². The summed E-state index contributed by atoms with van der Waals surface area (Å²) in [5.41, 5.74) is 9.29. The highest BCUT2D eigenvalue weighted by molar-refractivity contribution is 6.33. The monoisotopic (exact) mass is 548 g/mol. The molecule has 190 valence electrons. The minimum absolute atomic E-state index is 0.161. The molecule has 4 heterocycles. The highest BCUT2D eigenvalue weighted by Gasteiger charge is 2.28. The number of aryl methyl sites for hydroxylation is 1. The number of carbonyl (C=O) groups is 1. The number of carbonyl (C=O) groups excluding carboxylic acids is 1. The number of aromatic nitrogens is 7. The van der Waals surface area contributed by atoms with E-state index in [9.17, 15) is 9.59 Å². The van der Waals surface area contributed by atoms with Crippen molar-refractivity contribution in [2.45, 2.75) is 18.9 Å². The number of hydrogen-bond donors (Lipinski definition) is 2. The highest BCUT2D eigenvalue weighted by Crippen LogP contribution is 2.35. The van der Waals surface area contributed by atoms with Crippen molar-refractivity contribution in [2.24, 2.45) is 5.73 Å². The Morgan fingerprint density at radius 3 is 2.74 bits per heavy atom. The van der Waals surface area contributed by atoms with Crippen molar-refractivity contribution in [3.63, 3.8) is 0 Å². The molecule has 1 unspecified atom stereocenters. The summed E-state index contributed by atoms with van der Waals surface area (Å²) in [6.45, 7) is 0. The van der Waals surface area contributed by atoms with E-state index in [-0.39, 0.29) is 17.4 Å². The molecule has 13 heteroatoms. The van der Waals surface area contributed by atoms with E-state index in [0.717, 1.165) is 16.8 Å². The molecule has 1 amide bonds. The van der Waals surface area contributed by atoms with Crippen LogP contribution in [0.15, 0.2) is 65.8 Å². The van der Waals surface area contributed by atoms with Gasteiger partial charge in [0.15, 0.2) is 0 Å². The van der Waals surface area contributed by atoms with Gasteiger partial charge in [-0.15, -0.1) is 5.10 Å². The van der Waals surface area contributed by atoms with Crippen molar-refractivity contribution < 1.29 is 9.53 Å². The topological polar surface area (TPSA) is 147 Å². The number of rotatable bonds is 5. The summed E-state index contributed by atoms with van der Waals surface area (Å²) in [6, 6.07) is 13.4. The fourth-order valence-electron chi connectivity index (χ4n) is 4.76. The average Bonchev–Trinajstić information content (AvgIpc) is 3.64. The van der Waals surface area contributed by atoms with Crippen LogP contribution in [-0.2, 0) is 6.42 Å². The van der Waals surface area contributed by atoms with Crippen LogP contribution in [0.4, 0.5) is 4.79 Å². The zero-order chi connectivity index (χ0) is 26.4. The molecule has 38 heavy (non-hydrogen) atoms. The van der Waals surface area contributed by atoms with Gasteiger partial charge in [0.1, 0.15) is 17.9 Å². The summed E-state index contributed by atoms with van der Waals surface area (Å²) < 4.78 is 8.15. The molecule has 3 N–H and O–H groups in total. The molecule has 0 radical (unpaired) electrons. The summed E-state index contributed by atoms with van der Waals surface area (Å²) in [7, 11) is 0. The average molecular weight is 549 g/mol. The molecule has 0 bridgehead atoms. The largest absolute Gasteiger partial charge is 0.410 e. The molecule has 11 nitrogen and oxygen atoms in total. The van der Waals surface area contributed by atoms with Gasteiger partial charge in [-0.05, 0) is 65.2 Å². The van der Waals surface area contributed by atoms with Crippen LogP contribution < -0.4 is 16.0 Å². The first kappa shape index (κ1) is 23.9. The van der Waals surface area contributed by atoms with Gasteiger partial charge in [0.25, 0.3) is 5.56 Å². The number of fused-ring (bicyclic) bond motifs is 1. The molecular weight excluding hydrogens is 531 g/mol. The van der Waals surface area contributed by atoms with E-state index in [1.54, 1.807) is 41.1 Å². The predicted octanol–water partition coefficient (Wildman–Crippen LogP) is 4.18. The minimum Gasteiger partial charge on any atom is -0.410 e. The van der Waals surface area contributed by atoms with Crippen molar-refractivity contribution in [1.82, 2.24) is 34.7 Å². The number of pyridine rings is 1. The summed E-state index contributed by atoms with van der Waals surface area (Å²) in [6.07, 6.45) is 3.60. The maximum absolute atomic E-state index is 13.4. The molecule has 3 aromatic heterocycles. The van der Waals surface area contributed by atoms with Gasteiger partial charge in [-0.1, -0.05) is 23.2 Å². The van der Waals surface area contributed by atoms with Crippen LogP contribution in [0.3, 0.4) is 0 Å². The zero-order valence-electron chi connectivity index (χ0n) is 19.5. The summed E-state index contributed by atoms with van der Waals surface area (Å²) in [5, 5.41) is 12.3. The number of aromatic amines is 1. The van der Waals surface area contributed by atoms with Crippen LogP contribution in [0.25, 0.3) is 28.1 Å². The van der Waals surface area contributed by atoms with Crippen LogP contribution in [0.2, 0.25) is 10.0 Å². The minimum atomic E-state index is -0.923. The lowest BCUT2D eigenvalue weighted by Gasteiger charge is -2.15. The Bertz CT molecular complexity index is 1750. The molecule has 0 fully saturated rings. The lowest BCUT2D eigenvalue weighted by Crippen LogP contribution is -2.23. The third kappa shape index (κ3) is 4.31. The smallest absolute Gasteiger partial charge is 0.409 e. The third-order valence-electron chi connectivity index (χ3n) is 6.36. The fourth-order valence-corrected chi connectivity index (χ4v) is 5.20. The van der Waals surface area contributed by atoms with Crippen molar-refractivity contribution in [3.8, 4) is 33.8 Å². The predicted molar refractivity (Wildman–Crippen MR) is 140 cm³/mol. The Hall–Kier alpha value is -4.48. The van der Waals surface area contributed by atoms with Gasteiger partial charge < -0.3 is 20.0 Å². The van der Waals surface area contributed by atoms with Crippen LogP contribution in [0.1, 0.15) is 24.0 Å². The lowest BCUT2D eigenvalue weighted by atomic mass is 10.0. The van der Waals surface area contributed by atoms with E-state index < -0.39 is 6.09 Å². The number of ether oxygens (including phenoxy) is 1. The molecule has 2 aromatic carbocycles. The third-order valence-corrected chi connectivity index (χ3v) is 6.91. The fraction of sp³-hybridized carbons (Fsp3) is 0.120. The van der Waals surface area contributed by atoms with Crippen LogP contribution in [0, 0.1) is 0 Å². The molecule has 0 spiro atoms. The summed E-state index contributed by atoms with van der Waals surface area (Å²) in [5.74, 6) is 0.875. The molecule has 1 aliphatic rings. The number of imidazole rings is 1. The van der Waals surface area contributed by atoms with Crippen molar-refractivity contribution in [2.75, 3.05) is 0 Å². The Kier molecular flexibility index (Phi) is 5.93. The second kappa shape index (κ2) is 9.43. The first-order chi connectivity index (χ1) is 18.4. The number of primary amides is 1. The second-order valence-corrected chi connectivity index (χ2v) is 9.50. The Labute approximate surface area is 224 Å². The van der Waals surface area contributed by atoms with E-state index in [1.807, 2.05) is 12.1 Å². The second-order valence-electron chi connectivity index (χ2n) is 8.66. The molecule has 1 aliphatic heterocycles. The lowest BCUT2D eigenvalue weighted by molar-refractivity contribution is 0.211. The number of H-pyrrole nitrogens is 1. The van der Waals surface area contributed by atoms with Crippen LogP contribution in [0.5, 0.6) is 5.75 Å². The molecule has 0 saturated heterocycles. The first-order valence-corrected chi connectivity index (χ1v) is 12.2. The van der Waals surface area contributed by atoms with Gasteiger partial charge in [-0.2, -0.15) is 4.68 Å². The van der Waals surface area contributed by atoms with Crippen molar-refractivity contribution in [1.29, 1.82) is 0 Å². The van der Waals surface area contributed by atoms with E-state index in [2.05, 4.69) is 25.5 Å². The molecule has 0 aliphatic carbocycles. The Balaban J connectivity index is 1.34. The standard InChI is InChI=1S/C25H18Cl2N8O3/c26-14-1-5-21(34-12-30-32-33-34)18(9-14)13-7-15-2-6-22(35(15)23(36)8-13)24-29-11-20(31-24)17-4-3-16(10-19(17)27)38-25(28)37/h1,3-5,7-12,22H,2,6H2,(H2,28,37)(H,29,31). The van der Waals surface area contributed by atoms with Gasteiger partial charge in [0.05, 0.1) is 28.6 Å². The number of hydrogen-bond acceptors (Lipinski definition) is 7. The molecule has 0 saturated carbocycles. The number of benzene rings is 2. The maximum Gasteiger partial charge on any atom is 0.409 e. The van der Waals surface area contributed by atoms with Crippen LogP contribution in [-0.4, -0.2) is 40.8 Å². The quantitative estimate of drug-likeness (QED) is 0.334. The molecule has 1 atom stereocenters. The zero-order valence-corrected chi connectivity index (χ0v) is 21.0. The SMILES string of the molecule is NC(=O)Oc1ccc(-c2cnc(C3CCc4cc(-c5cc(Cl)ccc5-n5cnnn5)cc(=O)n43)[nH]2)c(Cl)c1.